The Morgan fingerprint density at radius 1 is 1.05 bits per heavy atom. The Morgan fingerprint density at radius 2 is 1.73 bits per heavy atom. The van der Waals surface area contributed by atoms with Gasteiger partial charge < -0.3 is 20.4 Å². The maximum absolute atomic E-state index is 12.4. The molecule has 2 fully saturated rings. The minimum atomic E-state index is -0.0491. The van der Waals surface area contributed by atoms with E-state index in [1.165, 1.54) is 0 Å². The highest BCUT2D eigenvalue weighted by Gasteiger charge is 2.31. The molecule has 7 heteroatoms. The van der Waals surface area contributed by atoms with E-state index in [1.807, 2.05) is 16.7 Å². The third-order valence-electron chi connectivity index (χ3n) is 4.29. The molecule has 0 radical (unpaired) electrons. The van der Waals surface area contributed by atoms with Crippen LogP contribution in [0.3, 0.4) is 0 Å². The Kier molecular flexibility index (Phi) is 8.56. The van der Waals surface area contributed by atoms with Gasteiger partial charge in [-0.2, -0.15) is 0 Å². The van der Waals surface area contributed by atoms with Crippen molar-refractivity contribution < 1.29 is 9.59 Å². The second kappa shape index (κ2) is 9.90. The highest BCUT2D eigenvalue weighted by Crippen LogP contribution is 2.19. The first-order chi connectivity index (χ1) is 10.2. The monoisotopic (exact) mass is 332 g/mol. The van der Waals surface area contributed by atoms with Gasteiger partial charge in [0.25, 0.3) is 0 Å². The zero-order chi connectivity index (χ0) is 15.1. The average molecular weight is 333 g/mol. The van der Waals surface area contributed by atoms with E-state index in [1.54, 1.807) is 0 Å². The minimum absolute atomic E-state index is 0. The molecule has 2 saturated heterocycles. The van der Waals surface area contributed by atoms with Crippen LogP contribution >= 0.6 is 12.4 Å². The molecule has 1 atom stereocenters. The highest BCUT2D eigenvalue weighted by molar-refractivity contribution is 5.85. The number of carbonyl (C=O) groups excluding carboxylic acids is 2. The van der Waals surface area contributed by atoms with Gasteiger partial charge in [-0.3, -0.25) is 4.79 Å². The van der Waals surface area contributed by atoms with Crippen molar-refractivity contribution in [3.63, 3.8) is 0 Å². The fourth-order valence-corrected chi connectivity index (χ4v) is 3.07. The van der Waals surface area contributed by atoms with Crippen molar-refractivity contribution in [1.29, 1.82) is 0 Å². The standard InChI is InChI=1S/C15H28N4O2.ClH/c1-2-16-7-8-17-14(20)13-6-5-11-19(12-13)15(21)18-9-3-4-10-18;/h13,16H,2-12H2,1H3,(H,17,20);1H. The fourth-order valence-electron chi connectivity index (χ4n) is 3.07. The van der Waals surface area contributed by atoms with Gasteiger partial charge in [0.1, 0.15) is 0 Å². The van der Waals surface area contributed by atoms with Gasteiger partial charge in [-0.05, 0) is 32.2 Å². The highest BCUT2D eigenvalue weighted by atomic mass is 35.5. The normalized spacial score (nSPS) is 21.4. The van der Waals surface area contributed by atoms with Crippen LogP contribution in [-0.2, 0) is 4.79 Å². The summed E-state index contributed by atoms with van der Waals surface area (Å²) < 4.78 is 0. The first-order valence-corrected chi connectivity index (χ1v) is 8.24. The van der Waals surface area contributed by atoms with E-state index in [9.17, 15) is 9.59 Å². The molecule has 2 aliphatic heterocycles. The van der Waals surface area contributed by atoms with Gasteiger partial charge in [0, 0.05) is 39.3 Å². The molecule has 0 saturated carbocycles. The molecule has 2 N–H and O–H groups in total. The number of halogens is 1. The van der Waals surface area contributed by atoms with E-state index in [-0.39, 0.29) is 30.3 Å². The molecule has 0 aromatic carbocycles. The summed E-state index contributed by atoms with van der Waals surface area (Å²) in [6, 6.07) is 0.123. The molecule has 0 aromatic rings. The van der Waals surface area contributed by atoms with Crippen LogP contribution in [0.5, 0.6) is 0 Å². The van der Waals surface area contributed by atoms with Crippen molar-refractivity contribution in [1.82, 2.24) is 20.4 Å². The van der Waals surface area contributed by atoms with E-state index < -0.39 is 0 Å². The molecule has 0 aromatic heterocycles. The predicted octanol–water partition coefficient (Wildman–Crippen LogP) is 1.06. The molecular weight excluding hydrogens is 304 g/mol. The predicted molar refractivity (Wildman–Crippen MR) is 89.3 cm³/mol. The van der Waals surface area contributed by atoms with Crippen LogP contribution in [0.25, 0.3) is 0 Å². The van der Waals surface area contributed by atoms with Crippen molar-refractivity contribution >= 4 is 24.3 Å². The smallest absolute Gasteiger partial charge is 0.320 e. The summed E-state index contributed by atoms with van der Waals surface area (Å²) in [5, 5.41) is 6.15. The van der Waals surface area contributed by atoms with E-state index in [0.29, 0.717) is 13.1 Å². The van der Waals surface area contributed by atoms with Crippen molar-refractivity contribution in [2.45, 2.75) is 32.6 Å². The zero-order valence-electron chi connectivity index (χ0n) is 13.5. The number of likely N-dealkylation sites (N-methyl/N-ethyl adjacent to an activating group) is 1. The molecule has 2 heterocycles. The Balaban J connectivity index is 0.00000242. The molecule has 0 spiro atoms. The van der Waals surface area contributed by atoms with Gasteiger partial charge in [-0.1, -0.05) is 6.92 Å². The Morgan fingerprint density at radius 3 is 2.41 bits per heavy atom. The number of urea groups is 1. The number of nitrogens with one attached hydrogen (secondary N) is 2. The Hall–Kier alpha value is -1.01. The molecule has 3 amide bonds. The number of piperidine rings is 1. The zero-order valence-corrected chi connectivity index (χ0v) is 14.3. The molecule has 6 nitrogen and oxygen atoms in total. The van der Waals surface area contributed by atoms with Crippen LogP contribution in [0, 0.1) is 5.92 Å². The van der Waals surface area contributed by atoms with Gasteiger partial charge in [0.15, 0.2) is 0 Å². The first-order valence-electron chi connectivity index (χ1n) is 8.24. The maximum Gasteiger partial charge on any atom is 0.320 e. The minimum Gasteiger partial charge on any atom is -0.355 e. The van der Waals surface area contributed by atoms with Gasteiger partial charge in [-0.15, -0.1) is 12.4 Å². The number of carbonyl (C=O) groups is 2. The summed E-state index contributed by atoms with van der Waals surface area (Å²) >= 11 is 0. The number of rotatable bonds is 5. The number of hydrogen-bond acceptors (Lipinski definition) is 3. The Labute approximate surface area is 139 Å². The molecular formula is C15H29ClN4O2. The summed E-state index contributed by atoms with van der Waals surface area (Å²) in [6.45, 7) is 7.51. The van der Waals surface area contributed by atoms with Gasteiger partial charge in [0.2, 0.25) is 5.91 Å². The number of likely N-dealkylation sites (tertiary alicyclic amines) is 2. The fraction of sp³-hybridized carbons (Fsp3) is 0.867. The lowest BCUT2D eigenvalue weighted by atomic mass is 9.97. The van der Waals surface area contributed by atoms with Crippen molar-refractivity contribution in [2.24, 2.45) is 5.92 Å². The van der Waals surface area contributed by atoms with Crippen molar-refractivity contribution in [2.75, 3.05) is 45.8 Å². The van der Waals surface area contributed by atoms with Crippen LogP contribution in [-0.4, -0.2) is 67.6 Å². The number of hydrogen-bond donors (Lipinski definition) is 2. The van der Waals surface area contributed by atoms with Crippen LogP contribution in [0.1, 0.15) is 32.6 Å². The lowest BCUT2D eigenvalue weighted by molar-refractivity contribution is -0.126. The quantitative estimate of drug-likeness (QED) is 0.740. The summed E-state index contributed by atoms with van der Waals surface area (Å²) in [5.41, 5.74) is 0. The maximum atomic E-state index is 12.4. The molecule has 2 rings (SSSR count). The molecule has 0 aliphatic carbocycles. The largest absolute Gasteiger partial charge is 0.355 e. The SMILES string of the molecule is CCNCCNC(=O)C1CCCN(C(=O)N2CCCC2)C1.Cl. The van der Waals surface area contributed by atoms with Crippen molar-refractivity contribution in [3.8, 4) is 0 Å². The number of amides is 3. The molecule has 22 heavy (non-hydrogen) atoms. The van der Waals surface area contributed by atoms with Gasteiger partial charge in [0.05, 0.1) is 5.92 Å². The van der Waals surface area contributed by atoms with Gasteiger partial charge in [-0.25, -0.2) is 4.79 Å². The lowest BCUT2D eigenvalue weighted by Gasteiger charge is -2.34. The molecule has 1 unspecified atom stereocenters. The average Bonchev–Trinajstić information content (AvgIpc) is 3.05. The summed E-state index contributed by atoms with van der Waals surface area (Å²) in [6.07, 6.45) is 4.02. The van der Waals surface area contributed by atoms with Crippen LogP contribution < -0.4 is 10.6 Å². The second-order valence-electron chi connectivity index (χ2n) is 5.91. The summed E-state index contributed by atoms with van der Waals surface area (Å²) in [4.78, 5) is 28.3. The second-order valence-corrected chi connectivity index (χ2v) is 5.91. The first kappa shape index (κ1) is 19.0. The van der Waals surface area contributed by atoms with E-state index in [2.05, 4.69) is 10.6 Å². The third kappa shape index (κ3) is 5.32. The van der Waals surface area contributed by atoms with E-state index >= 15 is 0 Å². The topological polar surface area (TPSA) is 64.7 Å². The van der Waals surface area contributed by atoms with Gasteiger partial charge >= 0.3 is 6.03 Å². The number of nitrogens with zero attached hydrogens (tertiary/aromatic N) is 2. The molecule has 0 bridgehead atoms. The molecule has 2 aliphatic rings. The third-order valence-corrected chi connectivity index (χ3v) is 4.29. The Bertz CT molecular complexity index is 361. The van der Waals surface area contributed by atoms with Crippen LogP contribution in [0.2, 0.25) is 0 Å². The molecule has 128 valence electrons. The van der Waals surface area contributed by atoms with Crippen LogP contribution in [0.15, 0.2) is 0 Å². The summed E-state index contributed by atoms with van der Waals surface area (Å²) in [5.74, 6) is 0.0405. The van der Waals surface area contributed by atoms with E-state index in [4.69, 9.17) is 0 Å². The van der Waals surface area contributed by atoms with Crippen molar-refractivity contribution in [3.05, 3.63) is 0 Å². The summed E-state index contributed by atoms with van der Waals surface area (Å²) in [7, 11) is 0. The van der Waals surface area contributed by atoms with E-state index in [0.717, 1.165) is 58.4 Å². The van der Waals surface area contributed by atoms with Crippen LogP contribution in [0.4, 0.5) is 4.79 Å². The lowest BCUT2D eigenvalue weighted by Crippen LogP contribution is -2.50.